The molecule has 0 atom stereocenters. The monoisotopic (exact) mass is 521 g/mol. The number of anilines is 2. The molecule has 194 valence electrons. The lowest BCUT2D eigenvalue weighted by Gasteiger charge is -2.37. The summed E-state index contributed by atoms with van der Waals surface area (Å²) in [4.78, 5) is 24.4. The highest BCUT2D eigenvalue weighted by atomic mass is 15.2. The first-order valence-electron chi connectivity index (χ1n) is 15.0. The Bertz CT molecular complexity index is 1840. The van der Waals surface area contributed by atoms with Crippen molar-refractivity contribution in [3.8, 4) is 23.1 Å². The first-order chi connectivity index (χ1) is 21.1. The van der Waals surface area contributed by atoms with E-state index in [4.69, 9.17) is 17.6 Å². The van der Waals surface area contributed by atoms with E-state index in [2.05, 4.69) is 19.9 Å². The van der Waals surface area contributed by atoms with Gasteiger partial charge in [0, 0.05) is 63.7 Å². The Labute approximate surface area is 233 Å². The minimum atomic E-state index is -2.49. The number of piperidine rings is 1. The molecule has 10 nitrogen and oxygen atoms in total. The smallest absolute Gasteiger partial charge is 0.234 e. The van der Waals surface area contributed by atoms with Crippen LogP contribution in [0.1, 0.15) is 31.1 Å². The number of aromatic nitrogens is 6. The van der Waals surface area contributed by atoms with Gasteiger partial charge in [0.25, 0.3) is 0 Å². The normalized spacial score (nSPS) is 16.9. The average Bonchev–Trinajstić information content (AvgIpc) is 3.40. The van der Waals surface area contributed by atoms with Crippen LogP contribution in [0, 0.1) is 11.3 Å². The molecule has 1 fully saturated rings. The van der Waals surface area contributed by atoms with Gasteiger partial charge in [-0.25, -0.2) is 24.9 Å². The van der Waals surface area contributed by atoms with Crippen molar-refractivity contribution in [1.29, 1.82) is 5.26 Å². The van der Waals surface area contributed by atoms with Crippen molar-refractivity contribution in [3.63, 3.8) is 0 Å². The van der Waals surface area contributed by atoms with E-state index in [0.29, 0.717) is 59.9 Å². The van der Waals surface area contributed by atoms with Crippen LogP contribution >= 0.6 is 0 Å². The molecule has 6 rings (SSSR count). The van der Waals surface area contributed by atoms with Gasteiger partial charge in [0.15, 0.2) is 11.5 Å². The number of rotatable bonds is 6. The number of hydrogen-bond acceptors (Lipinski definition) is 9. The van der Waals surface area contributed by atoms with Gasteiger partial charge in [-0.2, -0.15) is 5.26 Å². The number of benzene rings is 1. The maximum absolute atomic E-state index is 9.19. The van der Waals surface area contributed by atoms with Crippen LogP contribution < -0.4 is 10.6 Å². The Balaban J connectivity index is 1.25. The summed E-state index contributed by atoms with van der Waals surface area (Å²) in [5, 5.41) is 9.19. The van der Waals surface area contributed by atoms with Crippen LogP contribution in [0.5, 0.6) is 0 Å². The minimum absolute atomic E-state index is 0.107. The molecule has 0 radical (unpaired) electrons. The molecule has 0 saturated carbocycles. The maximum atomic E-state index is 9.19. The van der Waals surface area contributed by atoms with E-state index in [1.807, 2.05) is 41.0 Å². The number of nitriles is 1. The highest BCUT2D eigenvalue weighted by Gasteiger charge is 2.24. The first kappa shape index (κ1) is 19.2. The number of fused-ring (bicyclic) bond motifs is 1. The molecule has 4 aromatic heterocycles. The van der Waals surface area contributed by atoms with Crippen molar-refractivity contribution < 1.29 is 6.85 Å². The standard InChI is InChI=1S/C29H28N10/c1-37(26-10-15-32-25(18-30)36-26)21-11-16-38(17-12-21)19-20-6-8-22(9-7-20)39-28(23-4-2-13-33-27(23)31)35-24-5-3-14-34-29(24)39/h2-10,13-15,21H,11-12,16-17,19H2,1H3,(H2,31,33)/i1D3,19D2. The molecule has 1 aromatic carbocycles. The predicted octanol–water partition coefficient (Wildman–Crippen LogP) is 3.83. The van der Waals surface area contributed by atoms with Gasteiger partial charge in [0.05, 0.1) is 5.56 Å². The Morgan fingerprint density at radius 3 is 2.59 bits per heavy atom. The van der Waals surface area contributed by atoms with E-state index in [-0.39, 0.29) is 11.6 Å². The first-order valence-corrected chi connectivity index (χ1v) is 12.5. The number of pyridine rings is 2. The highest BCUT2D eigenvalue weighted by molar-refractivity contribution is 5.82. The molecular formula is C29H28N10. The minimum Gasteiger partial charge on any atom is -0.383 e. The molecule has 1 aliphatic heterocycles. The second-order valence-corrected chi connectivity index (χ2v) is 9.15. The van der Waals surface area contributed by atoms with Crippen LogP contribution in [0.3, 0.4) is 0 Å². The summed E-state index contributed by atoms with van der Waals surface area (Å²) in [6.07, 6.45) is 5.46. The van der Waals surface area contributed by atoms with Crippen LogP contribution in [0.4, 0.5) is 11.6 Å². The maximum Gasteiger partial charge on any atom is 0.234 e. The van der Waals surface area contributed by atoms with Gasteiger partial charge in [0.1, 0.15) is 23.2 Å². The zero-order valence-corrected chi connectivity index (χ0v) is 20.9. The van der Waals surface area contributed by atoms with Crippen LogP contribution in [0.2, 0.25) is 0 Å². The Hall–Kier alpha value is -4.88. The second kappa shape index (κ2) is 10.5. The fourth-order valence-corrected chi connectivity index (χ4v) is 4.77. The molecule has 1 aliphatic rings. The molecule has 1 saturated heterocycles. The van der Waals surface area contributed by atoms with Crippen molar-refractivity contribution in [2.75, 3.05) is 30.7 Å². The van der Waals surface area contributed by atoms with Crippen LogP contribution in [-0.2, 0) is 6.50 Å². The molecule has 39 heavy (non-hydrogen) atoms. The molecule has 2 N–H and O–H groups in total. The van der Waals surface area contributed by atoms with Gasteiger partial charge in [-0.15, -0.1) is 0 Å². The second-order valence-electron chi connectivity index (χ2n) is 9.15. The van der Waals surface area contributed by atoms with Crippen LogP contribution in [0.25, 0.3) is 28.2 Å². The summed E-state index contributed by atoms with van der Waals surface area (Å²) < 4.78 is 44.2. The summed E-state index contributed by atoms with van der Waals surface area (Å²) >= 11 is 0. The van der Waals surface area contributed by atoms with Gasteiger partial charge in [-0.05, 0) is 60.9 Å². The third-order valence-corrected chi connectivity index (χ3v) is 6.73. The highest BCUT2D eigenvalue weighted by Crippen LogP contribution is 2.30. The number of likely N-dealkylation sites (tertiary alicyclic amines) is 1. The molecule has 0 aliphatic carbocycles. The zero-order chi connectivity index (χ0) is 31.1. The van der Waals surface area contributed by atoms with E-state index in [9.17, 15) is 5.26 Å². The topological polar surface area (TPSA) is 126 Å². The molecule has 5 heterocycles. The largest absolute Gasteiger partial charge is 0.383 e. The summed E-state index contributed by atoms with van der Waals surface area (Å²) in [5.41, 5.74) is 9.36. The third-order valence-electron chi connectivity index (χ3n) is 6.73. The third kappa shape index (κ3) is 4.87. The summed E-state index contributed by atoms with van der Waals surface area (Å²) in [5.74, 6) is 0.959. The van der Waals surface area contributed by atoms with E-state index >= 15 is 0 Å². The molecule has 0 spiro atoms. The quantitative estimate of drug-likeness (QED) is 0.355. The van der Waals surface area contributed by atoms with E-state index in [1.54, 1.807) is 35.5 Å². The molecule has 0 amide bonds. The van der Waals surface area contributed by atoms with Crippen molar-refractivity contribution in [2.45, 2.75) is 25.4 Å². The van der Waals surface area contributed by atoms with Crippen molar-refractivity contribution >= 4 is 22.8 Å². The molecule has 0 unspecified atom stereocenters. The number of nitrogens with two attached hydrogens (primary N) is 1. The summed E-state index contributed by atoms with van der Waals surface area (Å²) in [6.45, 7) is -3.66. The fourth-order valence-electron chi connectivity index (χ4n) is 4.77. The fraction of sp³-hybridized carbons (Fsp3) is 0.241. The van der Waals surface area contributed by atoms with E-state index in [1.165, 1.54) is 17.2 Å². The lowest BCUT2D eigenvalue weighted by molar-refractivity contribution is 0.203. The van der Waals surface area contributed by atoms with Gasteiger partial charge in [-0.1, -0.05) is 12.1 Å². The van der Waals surface area contributed by atoms with Gasteiger partial charge < -0.3 is 10.6 Å². The Morgan fingerprint density at radius 1 is 1.03 bits per heavy atom. The van der Waals surface area contributed by atoms with Gasteiger partial charge >= 0.3 is 0 Å². The van der Waals surface area contributed by atoms with Gasteiger partial charge in [0.2, 0.25) is 5.82 Å². The number of nitrogens with zero attached hydrogens (tertiary/aromatic N) is 9. The SMILES string of the molecule is [2H]C([2H])([2H])N(c1ccnc(C#N)n1)C1CCN(C([2H])([2H])c2ccc(-n3c(-c4cccnc4N)nc4cccnc43)cc2)CC1. The lowest BCUT2D eigenvalue weighted by Crippen LogP contribution is -2.43. The zero-order valence-electron chi connectivity index (χ0n) is 25.9. The van der Waals surface area contributed by atoms with E-state index in [0.717, 1.165) is 5.69 Å². The summed E-state index contributed by atoms with van der Waals surface area (Å²) in [6, 6.07) is 17.4. The number of nitrogen functional groups attached to an aromatic ring is 1. The Morgan fingerprint density at radius 2 is 1.82 bits per heavy atom. The van der Waals surface area contributed by atoms with Crippen molar-refractivity contribution in [2.24, 2.45) is 0 Å². The average molecular weight is 522 g/mol. The van der Waals surface area contributed by atoms with Crippen molar-refractivity contribution in [1.82, 2.24) is 34.4 Å². The number of hydrogen-bond donors (Lipinski definition) is 1. The Kier molecular flexibility index (Phi) is 5.16. The molecule has 5 aromatic rings. The van der Waals surface area contributed by atoms with Gasteiger partial charge in [-0.3, -0.25) is 9.47 Å². The molecular weight excluding hydrogens is 488 g/mol. The van der Waals surface area contributed by atoms with Crippen molar-refractivity contribution in [3.05, 3.63) is 84.6 Å². The summed E-state index contributed by atoms with van der Waals surface area (Å²) in [7, 11) is 0. The van der Waals surface area contributed by atoms with Crippen LogP contribution in [0.15, 0.2) is 73.2 Å². The number of imidazole rings is 1. The molecule has 10 heteroatoms. The lowest BCUT2D eigenvalue weighted by atomic mass is 10.0. The van der Waals surface area contributed by atoms with E-state index < -0.39 is 19.5 Å². The van der Waals surface area contributed by atoms with Crippen LogP contribution in [-0.4, -0.2) is 60.5 Å². The molecule has 0 bridgehead atoms. The predicted molar refractivity (Wildman–Crippen MR) is 150 cm³/mol.